The van der Waals surface area contributed by atoms with Crippen molar-refractivity contribution in [3.63, 3.8) is 0 Å². The number of piperidine rings is 1. The topological polar surface area (TPSA) is 46.4 Å². The molecule has 109 valence electrons. The average molecular weight is 266 g/mol. The Bertz CT molecular complexity index is 277. The first-order valence-corrected chi connectivity index (χ1v) is 7.93. The highest BCUT2D eigenvalue weighted by atomic mass is 16.1. The van der Waals surface area contributed by atoms with Crippen LogP contribution in [0, 0.1) is 5.92 Å². The highest BCUT2D eigenvalue weighted by Gasteiger charge is 2.23. The van der Waals surface area contributed by atoms with E-state index in [4.69, 9.17) is 0 Å². The minimum Gasteiger partial charge on any atom is -0.355 e. The van der Waals surface area contributed by atoms with Crippen molar-refractivity contribution in [2.24, 2.45) is 5.92 Å². The van der Waals surface area contributed by atoms with Crippen molar-refractivity contribution in [2.45, 2.75) is 51.5 Å². The van der Waals surface area contributed by atoms with E-state index in [0.717, 1.165) is 32.6 Å². The Morgan fingerprint density at radius 1 is 1.37 bits per heavy atom. The molecule has 4 nitrogen and oxygen atoms in total. The third-order valence-corrected chi connectivity index (χ3v) is 4.54. The highest BCUT2D eigenvalue weighted by molar-refractivity contribution is 5.75. The monoisotopic (exact) mass is 266 g/mol. The summed E-state index contributed by atoms with van der Waals surface area (Å²) in [6.07, 6.45) is 6.66. The molecule has 2 saturated heterocycles. The van der Waals surface area contributed by atoms with Crippen molar-refractivity contribution in [1.82, 2.24) is 15.5 Å². The molecule has 1 N–H and O–H groups in total. The standard InChI is InChI=1S/C15H28N3O/c1-2-18-10-4-6-14(18)12-17-15(19)8-7-13-5-3-9-16-11-13/h13-14H,2-12H2,1H3,(H,17,19). The molecule has 2 rings (SSSR count). The molecule has 1 amide bonds. The maximum absolute atomic E-state index is 11.9. The lowest BCUT2D eigenvalue weighted by atomic mass is 9.94. The summed E-state index contributed by atoms with van der Waals surface area (Å²) in [5.74, 6) is 0.881. The molecule has 2 atom stereocenters. The highest BCUT2D eigenvalue weighted by Crippen LogP contribution is 2.17. The summed E-state index contributed by atoms with van der Waals surface area (Å²) in [5.41, 5.74) is 0. The molecule has 2 unspecified atom stereocenters. The molecular weight excluding hydrogens is 238 g/mol. The van der Waals surface area contributed by atoms with E-state index in [9.17, 15) is 4.79 Å². The minimum absolute atomic E-state index is 0.230. The Balaban J connectivity index is 1.58. The van der Waals surface area contributed by atoms with Gasteiger partial charge in [0.1, 0.15) is 0 Å². The summed E-state index contributed by atoms with van der Waals surface area (Å²) in [5, 5.41) is 7.55. The minimum atomic E-state index is 0.230. The number of likely N-dealkylation sites (tertiary alicyclic amines) is 1. The largest absolute Gasteiger partial charge is 0.355 e. The van der Waals surface area contributed by atoms with Crippen molar-refractivity contribution >= 4 is 5.91 Å². The van der Waals surface area contributed by atoms with Crippen LogP contribution in [0.4, 0.5) is 0 Å². The number of carbonyl (C=O) groups excluding carboxylic acids is 1. The van der Waals surface area contributed by atoms with Crippen LogP contribution in [0.15, 0.2) is 0 Å². The SMILES string of the molecule is CCN1CCCC1CNC(=O)CCC1CCC[N]C1. The van der Waals surface area contributed by atoms with Crippen molar-refractivity contribution in [1.29, 1.82) is 0 Å². The number of nitrogens with zero attached hydrogens (tertiary/aromatic N) is 2. The van der Waals surface area contributed by atoms with E-state index in [-0.39, 0.29) is 5.91 Å². The van der Waals surface area contributed by atoms with Crippen LogP contribution in [-0.2, 0) is 4.79 Å². The second kappa shape index (κ2) is 7.85. The Morgan fingerprint density at radius 2 is 2.26 bits per heavy atom. The summed E-state index contributed by atoms with van der Waals surface area (Å²) >= 11 is 0. The Labute approximate surface area is 117 Å². The molecule has 0 bridgehead atoms. The van der Waals surface area contributed by atoms with E-state index in [2.05, 4.69) is 22.5 Å². The van der Waals surface area contributed by atoms with Gasteiger partial charge in [-0.3, -0.25) is 9.69 Å². The molecule has 2 aliphatic rings. The first-order chi connectivity index (χ1) is 9.29. The van der Waals surface area contributed by atoms with Crippen molar-refractivity contribution in [2.75, 3.05) is 32.7 Å². The summed E-state index contributed by atoms with van der Waals surface area (Å²) in [6.45, 7) is 7.33. The number of carbonyl (C=O) groups is 1. The van der Waals surface area contributed by atoms with Crippen LogP contribution in [0.1, 0.15) is 45.4 Å². The third kappa shape index (κ3) is 4.77. The number of likely N-dealkylation sites (N-methyl/N-ethyl adjacent to an activating group) is 1. The molecule has 2 heterocycles. The van der Waals surface area contributed by atoms with Gasteiger partial charge in [-0.05, 0) is 51.1 Å². The number of rotatable bonds is 6. The molecule has 4 heteroatoms. The van der Waals surface area contributed by atoms with Crippen LogP contribution in [-0.4, -0.2) is 49.6 Å². The predicted octanol–water partition coefficient (Wildman–Crippen LogP) is 1.38. The van der Waals surface area contributed by atoms with Gasteiger partial charge >= 0.3 is 0 Å². The molecule has 19 heavy (non-hydrogen) atoms. The van der Waals surface area contributed by atoms with Crippen LogP contribution in [0.3, 0.4) is 0 Å². The van der Waals surface area contributed by atoms with E-state index < -0.39 is 0 Å². The molecule has 0 aromatic heterocycles. The fraction of sp³-hybridized carbons (Fsp3) is 0.933. The Hall–Kier alpha value is -0.610. The second-order valence-electron chi connectivity index (χ2n) is 5.91. The van der Waals surface area contributed by atoms with E-state index in [1.165, 1.54) is 32.2 Å². The van der Waals surface area contributed by atoms with Gasteiger partial charge in [0.25, 0.3) is 0 Å². The Morgan fingerprint density at radius 3 is 3.00 bits per heavy atom. The summed E-state index contributed by atoms with van der Waals surface area (Å²) in [6, 6.07) is 0.568. The van der Waals surface area contributed by atoms with Gasteiger partial charge in [0.2, 0.25) is 5.91 Å². The average Bonchev–Trinajstić information content (AvgIpc) is 2.91. The van der Waals surface area contributed by atoms with Crippen molar-refractivity contribution in [3.8, 4) is 0 Å². The Kier molecular flexibility index (Phi) is 6.11. The number of amides is 1. The van der Waals surface area contributed by atoms with Crippen molar-refractivity contribution in [3.05, 3.63) is 0 Å². The van der Waals surface area contributed by atoms with Crippen LogP contribution in [0.25, 0.3) is 0 Å². The normalized spacial score (nSPS) is 28.5. The molecule has 0 saturated carbocycles. The van der Waals surface area contributed by atoms with Crippen LogP contribution >= 0.6 is 0 Å². The predicted molar refractivity (Wildman–Crippen MR) is 77.1 cm³/mol. The molecule has 0 aromatic carbocycles. The maximum atomic E-state index is 11.9. The zero-order chi connectivity index (χ0) is 13.5. The quantitative estimate of drug-likeness (QED) is 0.789. The first kappa shape index (κ1) is 14.8. The van der Waals surface area contributed by atoms with Crippen LogP contribution < -0.4 is 10.6 Å². The van der Waals surface area contributed by atoms with Gasteiger partial charge in [0.05, 0.1) is 0 Å². The summed E-state index contributed by atoms with van der Waals surface area (Å²) in [4.78, 5) is 14.3. The molecule has 2 aliphatic heterocycles. The zero-order valence-electron chi connectivity index (χ0n) is 12.2. The molecule has 0 spiro atoms. The van der Waals surface area contributed by atoms with E-state index in [1.54, 1.807) is 0 Å². The van der Waals surface area contributed by atoms with Gasteiger partial charge in [-0.2, -0.15) is 0 Å². The molecular formula is C15H28N3O. The van der Waals surface area contributed by atoms with E-state index in [1.807, 2.05) is 0 Å². The third-order valence-electron chi connectivity index (χ3n) is 4.54. The van der Waals surface area contributed by atoms with E-state index >= 15 is 0 Å². The zero-order valence-corrected chi connectivity index (χ0v) is 12.2. The lowest BCUT2D eigenvalue weighted by Crippen LogP contribution is -2.40. The second-order valence-corrected chi connectivity index (χ2v) is 5.91. The lowest BCUT2D eigenvalue weighted by molar-refractivity contribution is -0.121. The molecule has 2 fully saturated rings. The summed E-state index contributed by atoms with van der Waals surface area (Å²) in [7, 11) is 0. The number of hydrogen-bond acceptors (Lipinski definition) is 2. The van der Waals surface area contributed by atoms with Gasteiger partial charge in [-0.1, -0.05) is 6.92 Å². The lowest BCUT2D eigenvalue weighted by Gasteiger charge is -2.23. The fourth-order valence-corrected chi connectivity index (χ4v) is 3.29. The van der Waals surface area contributed by atoms with Crippen LogP contribution in [0.5, 0.6) is 0 Å². The van der Waals surface area contributed by atoms with Gasteiger partial charge in [0.15, 0.2) is 0 Å². The fourth-order valence-electron chi connectivity index (χ4n) is 3.29. The van der Waals surface area contributed by atoms with Gasteiger partial charge < -0.3 is 5.32 Å². The van der Waals surface area contributed by atoms with Crippen molar-refractivity contribution < 1.29 is 4.79 Å². The first-order valence-electron chi connectivity index (χ1n) is 7.93. The number of nitrogens with one attached hydrogen (secondary N) is 1. The van der Waals surface area contributed by atoms with Gasteiger partial charge in [0, 0.05) is 32.1 Å². The molecule has 1 radical (unpaired) electrons. The van der Waals surface area contributed by atoms with E-state index in [0.29, 0.717) is 18.4 Å². The van der Waals surface area contributed by atoms with Gasteiger partial charge in [-0.15, -0.1) is 0 Å². The summed E-state index contributed by atoms with van der Waals surface area (Å²) < 4.78 is 0. The smallest absolute Gasteiger partial charge is 0.220 e. The maximum Gasteiger partial charge on any atom is 0.220 e. The molecule has 0 aromatic rings. The van der Waals surface area contributed by atoms with Crippen LogP contribution in [0.2, 0.25) is 0 Å². The van der Waals surface area contributed by atoms with Gasteiger partial charge in [-0.25, -0.2) is 5.32 Å². The number of hydrogen-bond donors (Lipinski definition) is 1. The molecule has 0 aliphatic carbocycles.